The fourth-order valence-electron chi connectivity index (χ4n) is 1.31. The molecule has 0 unspecified atom stereocenters. The molecule has 1 amide bonds. The Bertz CT molecular complexity index is 420. The number of rotatable bonds is 5. The van der Waals surface area contributed by atoms with Gasteiger partial charge >= 0.3 is 6.18 Å². The monoisotopic (exact) mass is 278 g/mol. The molecule has 0 saturated heterocycles. The Morgan fingerprint density at radius 2 is 2.21 bits per heavy atom. The van der Waals surface area contributed by atoms with Crippen molar-refractivity contribution in [2.24, 2.45) is 0 Å². The van der Waals surface area contributed by atoms with Gasteiger partial charge in [0.25, 0.3) is 0 Å². The van der Waals surface area contributed by atoms with Crippen molar-refractivity contribution < 1.29 is 27.8 Å². The average Bonchev–Trinajstić information content (AvgIpc) is 2.33. The lowest BCUT2D eigenvalue weighted by Gasteiger charge is -2.15. The van der Waals surface area contributed by atoms with E-state index in [-0.39, 0.29) is 18.3 Å². The molecule has 106 valence electrons. The van der Waals surface area contributed by atoms with Crippen LogP contribution in [0.5, 0.6) is 5.75 Å². The number of halogens is 3. The predicted octanol–water partition coefficient (Wildman–Crippen LogP) is 1.19. The van der Waals surface area contributed by atoms with Crippen molar-refractivity contribution in [3.05, 3.63) is 24.0 Å². The number of ether oxygens (including phenoxy) is 1. The number of aliphatic hydroxyl groups excluding tert-OH is 1. The second-order valence-corrected chi connectivity index (χ2v) is 3.76. The minimum absolute atomic E-state index is 0.0411. The van der Waals surface area contributed by atoms with Gasteiger partial charge in [-0.05, 0) is 12.1 Å². The fourth-order valence-corrected chi connectivity index (χ4v) is 1.31. The number of pyridine rings is 1. The molecule has 1 heterocycles. The lowest BCUT2D eigenvalue weighted by molar-refractivity contribution is -0.153. The van der Waals surface area contributed by atoms with Gasteiger partial charge in [-0.15, -0.1) is 0 Å². The van der Waals surface area contributed by atoms with Crippen molar-refractivity contribution in [3.8, 4) is 5.75 Å². The molecule has 2 N–H and O–H groups in total. The van der Waals surface area contributed by atoms with Crippen LogP contribution in [0.2, 0.25) is 0 Å². The van der Waals surface area contributed by atoms with Crippen molar-refractivity contribution in [3.63, 3.8) is 0 Å². The first-order chi connectivity index (χ1) is 8.81. The first-order valence-electron chi connectivity index (χ1n) is 5.35. The van der Waals surface area contributed by atoms with Crippen LogP contribution in [0.1, 0.15) is 18.7 Å². The van der Waals surface area contributed by atoms with Crippen LogP contribution in [0, 0.1) is 0 Å². The van der Waals surface area contributed by atoms with Gasteiger partial charge in [-0.3, -0.25) is 9.78 Å². The first-order valence-corrected chi connectivity index (χ1v) is 5.35. The van der Waals surface area contributed by atoms with Crippen LogP contribution in [0.3, 0.4) is 0 Å². The summed E-state index contributed by atoms with van der Waals surface area (Å²) in [6.45, 7) is -0.484. The highest BCUT2D eigenvalue weighted by Crippen LogP contribution is 2.19. The van der Waals surface area contributed by atoms with Gasteiger partial charge < -0.3 is 15.2 Å². The zero-order valence-electron chi connectivity index (χ0n) is 10.1. The van der Waals surface area contributed by atoms with Crippen molar-refractivity contribution in [1.29, 1.82) is 0 Å². The molecule has 0 aliphatic heterocycles. The standard InChI is InChI=1S/C11H13F3N2O3/c1-7(18)16-10(5-17)9-3-2-8(4-15-9)19-6-11(12,13)14/h2-4,10,17H,5-6H2,1H3,(H,16,18)/t10-/m1/s1. The van der Waals surface area contributed by atoms with E-state index in [0.29, 0.717) is 5.69 Å². The number of nitrogens with one attached hydrogen (secondary N) is 1. The molecule has 0 spiro atoms. The normalized spacial score (nSPS) is 12.9. The van der Waals surface area contributed by atoms with Gasteiger partial charge in [0.15, 0.2) is 6.61 Å². The molecule has 1 aromatic heterocycles. The highest BCUT2D eigenvalue weighted by Gasteiger charge is 2.28. The maximum Gasteiger partial charge on any atom is 0.422 e. The summed E-state index contributed by atoms with van der Waals surface area (Å²) in [4.78, 5) is 14.7. The largest absolute Gasteiger partial charge is 0.483 e. The van der Waals surface area contributed by atoms with Gasteiger partial charge in [-0.25, -0.2) is 0 Å². The number of carbonyl (C=O) groups is 1. The van der Waals surface area contributed by atoms with E-state index in [1.54, 1.807) is 0 Å². The molecule has 5 nitrogen and oxygen atoms in total. The zero-order valence-corrected chi connectivity index (χ0v) is 10.1. The van der Waals surface area contributed by atoms with Crippen molar-refractivity contribution >= 4 is 5.91 Å². The van der Waals surface area contributed by atoms with E-state index in [1.165, 1.54) is 19.1 Å². The third-order valence-electron chi connectivity index (χ3n) is 2.08. The molecule has 0 saturated carbocycles. The number of aliphatic hydroxyl groups is 1. The zero-order chi connectivity index (χ0) is 14.5. The number of carbonyl (C=O) groups excluding carboxylic acids is 1. The van der Waals surface area contributed by atoms with Gasteiger partial charge in [0.05, 0.1) is 24.5 Å². The Kier molecular flexibility index (Phi) is 5.11. The topological polar surface area (TPSA) is 71.5 Å². The summed E-state index contributed by atoms with van der Waals surface area (Å²) < 4.78 is 40.2. The quantitative estimate of drug-likeness (QED) is 0.848. The summed E-state index contributed by atoms with van der Waals surface area (Å²) in [6, 6.07) is 1.97. The molecular weight excluding hydrogens is 265 g/mol. The molecule has 0 aromatic carbocycles. The number of aromatic nitrogens is 1. The van der Waals surface area contributed by atoms with E-state index in [9.17, 15) is 18.0 Å². The van der Waals surface area contributed by atoms with Gasteiger partial charge in [-0.1, -0.05) is 0 Å². The SMILES string of the molecule is CC(=O)N[C@H](CO)c1ccc(OCC(F)(F)F)cn1. The second kappa shape index (κ2) is 6.37. The maximum absolute atomic E-state index is 11.9. The summed E-state index contributed by atoms with van der Waals surface area (Å²) in [6.07, 6.45) is -3.31. The summed E-state index contributed by atoms with van der Waals surface area (Å²) in [7, 11) is 0. The third kappa shape index (κ3) is 5.56. The molecular formula is C11H13F3N2O3. The lowest BCUT2D eigenvalue weighted by Crippen LogP contribution is -2.29. The highest BCUT2D eigenvalue weighted by molar-refractivity contribution is 5.73. The molecule has 0 bridgehead atoms. The number of hydrogen-bond donors (Lipinski definition) is 2. The van der Waals surface area contributed by atoms with E-state index in [0.717, 1.165) is 6.20 Å². The number of amides is 1. The summed E-state index contributed by atoms with van der Waals surface area (Å²) in [5.41, 5.74) is 0.331. The lowest BCUT2D eigenvalue weighted by atomic mass is 10.2. The molecule has 0 radical (unpaired) electrons. The number of hydrogen-bond acceptors (Lipinski definition) is 4. The van der Waals surface area contributed by atoms with Crippen LogP contribution in [-0.2, 0) is 4.79 Å². The number of nitrogens with zero attached hydrogens (tertiary/aromatic N) is 1. The minimum atomic E-state index is -4.41. The van der Waals surface area contributed by atoms with E-state index in [4.69, 9.17) is 5.11 Å². The summed E-state index contributed by atoms with van der Waals surface area (Å²) in [5.74, 6) is -0.390. The van der Waals surface area contributed by atoms with E-state index >= 15 is 0 Å². The van der Waals surface area contributed by atoms with Crippen LogP contribution >= 0.6 is 0 Å². The fraction of sp³-hybridized carbons (Fsp3) is 0.455. The van der Waals surface area contributed by atoms with Crippen LogP contribution in [-0.4, -0.2) is 35.4 Å². The smallest absolute Gasteiger partial charge is 0.422 e. The Hall–Kier alpha value is -1.83. The molecule has 19 heavy (non-hydrogen) atoms. The van der Waals surface area contributed by atoms with Gasteiger partial charge in [0, 0.05) is 6.92 Å². The summed E-state index contributed by atoms with van der Waals surface area (Å²) in [5, 5.41) is 11.5. The summed E-state index contributed by atoms with van der Waals surface area (Å²) >= 11 is 0. The predicted molar refractivity (Wildman–Crippen MR) is 59.4 cm³/mol. The van der Waals surface area contributed by atoms with Crippen LogP contribution < -0.4 is 10.1 Å². The van der Waals surface area contributed by atoms with Gasteiger partial charge in [0.1, 0.15) is 5.75 Å². The van der Waals surface area contributed by atoms with Crippen molar-refractivity contribution in [2.45, 2.75) is 19.1 Å². The molecule has 1 aromatic rings. The average molecular weight is 278 g/mol. The van der Waals surface area contributed by atoms with Crippen LogP contribution in [0.15, 0.2) is 18.3 Å². The van der Waals surface area contributed by atoms with E-state index in [2.05, 4.69) is 15.0 Å². The van der Waals surface area contributed by atoms with Gasteiger partial charge in [0.2, 0.25) is 5.91 Å². The van der Waals surface area contributed by atoms with E-state index in [1.807, 2.05) is 0 Å². The van der Waals surface area contributed by atoms with Crippen LogP contribution in [0.25, 0.3) is 0 Å². The molecule has 1 rings (SSSR count). The molecule has 8 heteroatoms. The van der Waals surface area contributed by atoms with Gasteiger partial charge in [-0.2, -0.15) is 13.2 Å². The van der Waals surface area contributed by atoms with Crippen molar-refractivity contribution in [1.82, 2.24) is 10.3 Å². The first kappa shape index (κ1) is 15.2. The third-order valence-corrected chi connectivity index (χ3v) is 2.08. The highest BCUT2D eigenvalue weighted by atomic mass is 19.4. The van der Waals surface area contributed by atoms with Crippen LogP contribution in [0.4, 0.5) is 13.2 Å². The van der Waals surface area contributed by atoms with Crippen molar-refractivity contribution in [2.75, 3.05) is 13.2 Å². The maximum atomic E-state index is 11.9. The molecule has 1 atom stereocenters. The minimum Gasteiger partial charge on any atom is -0.483 e. The molecule has 0 fully saturated rings. The Labute approximate surface area is 107 Å². The molecule has 0 aliphatic carbocycles. The Morgan fingerprint density at radius 1 is 1.53 bits per heavy atom. The second-order valence-electron chi connectivity index (χ2n) is 3.76. The van der Waals surface area contributed by atoms with E-state index < -0.39 is 18.8 Å². The Balaban J connectivity index is 2.67. The molecule has 0 aliphatic rings. The number of alkyl halides is 3. The Morgan fingerprint density at radius 3 is 2.63 bits per heavy atom.